The van der Waals surface area contributed by atoms with Gasteiger partial charge in [-0.3, -0.25) is 4.79 Å². The molecule has 2 rings (SSSR count). The van der Waals surface area contributed by atoms with Crippen molar-refractivity contribution in [2.75, 3.05) is 7.11 Å². The number of nitrogens with zero attached hydrogens (tertiary/aromatic N) is 2. The first-order valence-corrected chi connectivity index (χ1v) is 6.80. The summed E-state index contributed by atoms with van der Waals surface area (Å²) >= 11 is 0. The molecule has 0 saturated heterocycles. The summed E-state index contributed by atoms with van der Waals surface area (Å²) in [5, 5.41) is 9.49. The lowest BCUT2D eigenvalue weighted by Crippen LogP contribution is -2.16. The van der Waals surface area contributed by atoms with Gasteiger partial charge in [0.25, 0.3) is 0 Å². The molecule has 0 aliphatic carbocycles. The van der Waals surface area contributed by atoms with E-state index in [2.05, 4.69) is 9.97 Å². The molecule has 110 valence electrons. The van der Waals surface area contributed by atoms with Crippen LogP contribution >= 0.6 is 0 Å². The minimum atomic E-state index is -0.890. The molecule has 1 atom stereocenters. The van der Waals surface area contributed by atoms with Gasteiger partial charge in [0, 0.05) is 5.69 Å². The molecule has 2 aromatic rings. The Hall–Kier alpha value is -2.43. The molecule has 1 N–H and O–H groups in total. The maximum Gasteiger partial charge on any atom is 0.312 e. The number of carboxylic acid groups (broad SMARTS) is 1. The van der Waals surface area contributed by atoms with Crippen molar-refractivity contribution in [1.82, 2.24) is 9.97 Å². The first-order chi connectivity index (χ1) is 10.1. The van der Waals surface area contributed by atoms with Crippen LogP contribution in [0.15, 0.2) is 36.7 Å². The Balaban J connectivity index is 2.28. The van der Waals surface area contributed by atoms with Crippen molar-refractivity contribution in [1.29, 1.82) is 0 Å². The Morgan fingerprint density at radius 1 is 1.33 bits per heavy atom. The Kier molecular flexibility index (Phi) is 4.87. The molecule has 1 heterocycles. The highest BCUT2D eigenvalue weighted by Gasteiger charge is 2.22. The summed E-state index contributed by atoms with van der Waals surface area (Å²) in [5.74, 6) is -0.863. The van der Waals surface area contributed by atoms with Gasteiger partial charge in [-0.05, 0) is 36.6 Å². The molecule has 1 aromatic heterocycles. The normalized spacial score (nSPS) is 11.9. The van der Waals surface area contributed by atoms with Crippen LogP contribution in [0.5, 0.6) is 5.75 Å². The summed E-state index contributed by atoms with van der Waals surface area (Å²) < 4.78 is 5.17. The molecule has 0 radical (unpaired) electrons. The number of aryl methyl sites for hydroxylation is 1. The molecule has 0 spiro atoms. The lowest BCUT2D eigenvalue weighted by atomic mass is 9.95. The third kappa shape index (κ3) is 3.78. The number of carboxylic acids is 1. The Bertz CT molecular complexity index is 628. The van der Waals surface area contributed by atoms with Crippen LogP contribution in [-0.2, 0) is 17.6 Å². The van der Waals surface area contributed by atoms with Gasteiger partial charge in [0.2, 0.25) is 0 Å². The van der Waals surface area contributed by atoms with Crippen LogP contribution in [0.2, 0.25) is 0 Å². The molecule has 0 fully saturated rings. The van der Waals surface area contributed by atoms with E-state index in [9.17, 15) is 9.90 Å². The fourth-order valence-electron chi connectivity index (χ4n) is 2.15. The average Bonchev–Trinajstić information content (AvgIpc) is 2.52. The van der Waals surface area contributed by atoms with Gasteiger partial charge in [0.05, 0.1) is 12.8 Å². The fourth-order valence-corrected chi connectivity index (χ4v) is 2.15. The highest BCUT2D eigenvalue weighted by molar-refractivity contribution is 5.75. The summed E-state index contributed by atoms with van der Waals surface area (Å²) in [4.78, 5) is 19.8. The number of methoxy groups -OCH3 is 1. The number of aromatic nitrogens is 2. The molecule has 5 heteroatoms. The van der Waals surface area contributed by atoms with Crippen molar-refractivity contribution >= 4 is 5.97 Å². The zero-order valence-electron chi connectivity index (χ0n) is 12.1. The molecular formula is C16H18N2O3. The summed E-state index contributed by atoms with van der Waals surface area (Å²) in [6, 6.07) is 9.18. The second-order valence-electron chi connectivity index (χ2n) is 4.73. The summed E-state index contributed by atoms with van der Waals surface area (Å²) in [6.07, 6.45) is 2.55. The zero-order chi connectivity index (χ0) is 15.2. The van der Waals surface area contributed by atoms with Crippen molar-refractivity contribution in [3.05, 3.63) is 53.6 Å². The number of rotatable bonds is 6. The molecule has 1 aromatic carbocycles. The van der Waals surface area contributed by atoms with Crippen LogP contribution < -0.4 is 4.74 Å². The van der Waals surface area contributed by atoms with E-state index in [1.165, 1.54) is 6.33 Å². The Morgan fingerprint density at radius 2 is 2.14 bits per heavy atom. The van der Waals surface area contributed by atoms with Gasteiger partial charge in [0.1, 0.15) is 18.0 Å². The SMILES string of the molecule is CCc1cc(C(Cc2cccc(OC)c2)C(=O)O)ncn1. The van der Waals surface area contributed by atoms with E-state index in [0.717, 1.165) is 17.7 Å². The highest BCUT2D eigenvalue weighted by Crippen LogP contribution is 2.22. The second kappa shape index (κ2) is 6.83. The maximum absolute atomic E-state index is 11.6. The predicted octanol–water partition coefficient (Wildman–Crippen LogP) is 2.46. The monoisotopic (exact) mass is 286 g/mol. The quantitative estimate of drug-likeness (QED) is 0.883. The summed E-state index contributed by atoms with van der Waals surface area (Å²) in [6.45, 7) is 1.98. The van der Waals surface area contributed by atoms with E-state index in [4.69, 9.17) is 4.74 Å². The predicted molar refractivity (Wildman–Crippen MR) is 78.5 cm³/mol. The number of ether oxygens (including phenoxy) is 1. The summed E-state index contributed by atoms with van der Waals surface area (Å²) in [5.41, 5.74) is 2.28. The topological polar surface area (TPSA) is 72.3 Å². The van der Waals surface area contributed by atoms with E-state index in [1.807, 2.05) is 31.2 Å². The summed E-state index contributed by atoms with van der Waals surface area (Å²) in [7, 11) is 1.59. The van der Waals surface area contributed by atoms with Gasteiger partial charge in [-0.2, -0.15) is 0 Å². The van der Waals surface area contributed by atoms with Crippen molar-refractivity contribution < 1.29 is 14.6 Å². The van der Waals surface area contributed by atoms with Gasteiger partial charge in [0.15, 0.2) is 0 Å². The van der Waals surface area contributed by atoms with Gasteiger partial charge in [-0.15, -0.1) is 0 Å². The first kappa shape index (κ1) is 15.0. The van der Waals surface area contributed by atoms with E-state index < -0.39 is 11.9 Å². The van der Waals surface area contributed by atoms with Gasteiger partial charge in [-0.25, -0.2) is 9.97 Å². The van der Waals surface area contributed by atoms with Crippen LogP contribution in [0.25, 0.3) is 0 Å². The molecule has 5 nitrogen and oxygen atoms in total. The zero-order valence-corrected chi connectivity index (χ0v) is 12.1. The van der Waals surface area contributed by atoms with Crippen LogP contribution in [0.1, 0.15) is 29.8 Å². The number of carbonyl (C=O) groups is 1. The number of aliphatic carboxylic acids is 1. The van der Waals surface area contributed by atoms with E-state index >= 15 is 0 Å². The molecule has 0 aliphatic heterocycles. The molecule has 0 aliphatic rings. The van der Waals surface area contributed by atoms with E-state index in [1.54, 1.807) is 13.2 Å². The van der Waals surface area contributed by atoms with E-state index in [-0.39, 0.29) is 0 Å². The molecule has 0 amide bonds. The van der Waals surface area contributed by atoms with Gasteiger partial charge in [-0.1, -0.05) is 19.1 Å². The van der Waals surface area contributed by atoms with Crippen LogP contribution in [0.4, 0.5) is 0 Å². The van der Waals surface area contributed by atoms with Crippen LogP contribution in [0, 0.1) is 0 Å². The standard InChI is InChI=1S/C16H18N2O3/c1-3-12-9-15(18-10-17-12)14(16(19)20)8-11-5-4-6-13(7-11)21-2/h4-7,9-10,14H,3,8H2,1-2H3,(H,19,20). The molecule has 21 heavy (non-hydrogen) atoms. The van der Waals surface area contributed by atoms with Crippen molar-refractivity contribution in [3.63, 3.8) is 0 Å². The fraction of sp³-hybridized carbons (Fsp3) is 0.312. The van der Waals surface area contributed by atoms with Crippen molar-refractivity contribution in [2.24, 2.45) is 0 Å². The van der Waals surface area contributed by atoms with Gasteiger partial charge >= 0.3 is 5.97 Å². The number of benzene rings is 1. The number of hydrogen-bond acceptors (Lipinski definition) is 4. The average molecular weight is 286 g/mol. The Morgan fingerprint density at radius 3 is 2.81 bits per heavy atom. The molecular weight excluding hydrogens is 268 g/mol. The van der Waals surface area contributed by atoms with Crippen molar-refractivity contribution in [3.8, 4) is 5.75 Å². The molecule has 0 saturated carbocycles. The molecule has 0 bridgehead atoms. The Labute approximate surface area is 123 Å². The minimum absolute atomic E-state index is 0.368. The number of hydrogen-bond donors (Lipinski definition) is 1. The first-order valence-electron chi connectivity index (χ1n) is 6.80. The maximum atomic E-state index is 11.6. The third-order valence-corrected chi connectivity index (χ3v) is 3.34. The van der Waals surface area contributed by atoms with E-state index in [0.29, 0.717) is 17.9 Å². The van der Waals surface area contributed by atoms with Crippen LogP contribution in [0.3, 0.4) is 0 Å². The lowest BCUT2D eigenvalue weighted by molar-refractivity contribution is -0.138. The molecule has 1 unspecified atom stereocenters. The van der Waals surface area contributed by atoms with Crippen LogP contribution in [-0.4, -0.2) is 28.2 Å². The minimum Gasteiger partial charge on any atom is -0.497 e. The highest BCUT2D eigenvalue weighted by atomic mass is 16.5. The largest absolute Gasteiger partial charge is 0.497 e. The van der Waals surface area contributed by atoms with Gasteiger partial charge < -0.3 is 9.84 Å². The second-order valence-corrected chi connectivity index (χ2v) is 4.73. The lowest BCUT2D eigenvalue weighted by Gasteiger charge is -2.13. The van der Waals surface area contributed by atoms with Crippen molar-refractivity contribution in [2.45, 2.75) is 25.7 Å². The third-order valence-electron chi connectivity index (χ3n) is 3.34. The smallest absolute Gasteiger partial charge is 0.312 e.